The van der Waals surface area contributed by atoms with E-state index in [-0.39, 0.29) is 0 Å². The molecule has 0 saturated carbocycles. The van der Waals surface area contributed by atoms with Crippen molar-refractivity contribution in [2.45, 2.75) is 87.2 Å². The highest BCUT2D eigenvalue weighted by Crippen LogP contribution is 2.04. The highest BCUT2D eigenvalue weighted by molar-refractivity contribution is 4.46. The van der Waals surface area contributed by atoms with E-state index in [1.54, 1.807) is 6.92 Å². The van der Waals surface area contributed by atoms with Gasteiger partial charge < -0.3 is 0 Å². The van der Waals surface area contributed by atoms with Crippen molar-refractivity contribution < 1.29 is 4.39 Å². The van der Waals surface area contributed by atoms with Gasteiger partial charge >= 0.3 is 0 Å². The molecule has 0 aliphatic carbocycles. The summed E-state index contributed by atoms with van der Waals surface area (Å²) in [6.07, 6.45) is 3.56. The van der Waals surface area contributed by atoms with E-state index in [1.807, 2.05) is 41.5 Å². The molecule has 0 aromatic carbocycles. The van der Waals surface area contributed by atoms with Crippen LogP contribution in [0.3, 0.4) is 0 Å². The Morgan fingerprint density at radius 1 is 0.857 bits per heavy atom. The summed E-state index contributed by atoms with van der Waals surface area (Å²) in [4.78, 5) is 0. The Morgan fingerprint density at radius 3 is 1.43 bits per heavy atom. The third-order valence-corrected chi connectivity index (χ3v) is 1.21. The predicted octanol–water partition coefficient (Wildman–Crippen LogP) is 6.00. The molecule has 0 fully saturated rings. The van der Waals surface area contributed by atoms with Gasteiger partial charge in [0, 0.05) is 0 Å². The van der Waals surface area contributed by atoms with Gasteiger partial charge in [-0.3, -0.25) is 0 Å². The van der Waals surface area contributed by atoms with Crippen molar-refractivity contribution in [1.82, 2.24) is 0 Å². The summed E-state index contributed by atoms with van der Waals surface area (Å²) in [5.74, 6) is 0. The number of alkyl halides is 1. The second-order valence-electron chi connectivity index (χ2n) is 2.28. The summed E-state index contributed by atoms with van der Waals surface area (Å²) < 4.78 is 12.0. The summed E-state index contributed by atoms with van der Waals surface area (Å²) in [5, 5.41) is 0. The van der Waals surface area contributed by atoms with Crippen LogP contribution in [0.15, 0.2) is 0 Å². The van der Waals surface area contributed by atoms with Crippen molar-refractivity contribution >= 4 is 0 Å². The van der Waals surface area contributed by atoms with Gasteiger partial charge in [-0.05, 0) is 13.3 Å². The maximum Gasteiger partial charge on any atom is 0.0973 e. The van der Waals surface area contributed by atoms with Gasteiger partial charge in [0.1, 0.15) is 0 Å². The minimum Gasteiger partial charge on any atom is -0.248 e. The molecule has 1 unspecified atom stereocenters. The van der Waals surface area contributed by atoms with Gasteiger partial charge in [0.15, 0.2) is 0 Å². The zero-order valence-corrected chi connectivity index (χ0v) is 11.8. The topological polar surface area (TPSA) is 0 Å². The molecule has 0 spiro atoms. The van der Waals surface area contributed by atoms with Crippen LogP contribution in [0.1, 0.15) is 81.1 Å². The summed E-state index contributed by atoms with van der Waals surface area (Å²) in [6.45, 7) is 15.7. The second-order valence-corrected chi connectivity index (χ2v) is 2.28. The molecular weight excluding hydrogens is 175 g/mol. The average molecular weight is 208 g/mol. The zero-order chi connectivity index (χ0) is 12.4. The van der Waals surface area contributed by atoms with Crippen LogP contribution in [0.25, 0.3) is 0 Å². The average Bonchev–Trinajstić information content (AvgIpc) is 2.27. The maximum absolute atomic E-state index is 12.0. The smallest absolute Gasteiger partial charge is 0.0973 e. The molecule has 0 aliphatic rings. The molecule has 14 heavy (non-hydrogen) atoms. The monoisotopic (exact) mass is 208 g/mol. The minimum absolute atomic E-state index is 0.596. The number of hydrogen-bond acceptors (Lipinski definition) is 0. The Bertz CT molecular complexity index is 42.5. The van der Waals surface area contributed by atoms with Gasteiger partial charge in [0.25, 0.3) is 0 Å². The van der Waals surface area contributed by atoms with Crippen molar-refractivity contribution in [2.75, 3.05) is 0 Å². The van der Waals surface area contributed by atoms with Crippen molar-refractivity contribution in [3.8, 4) is 0 Å². The highest BCUT2D eigenvalue weighted by Gasteiger charge is 1.94. The van der Waals surface area contributed by atoms with E-state index in [9.17, 15) is 4.39 Å². The number of halogens is 1. The Morgan fingerprint density at radius 2 is 1.21 bits per heavy atom. The van der Waals surface area contributed by atoms with Crippen LogP contribution in [0, 0.1) is 0 Å². The first-order valence-electron chi connectivity index (χ1n) is 6.41. The lowest BCUT2D eigenvalue weighted by Gasteiger charge is -1.97. The first-order valence-corrected chi connectivity index (χ1v) is 6.41. The molecule has 0 heterocycles. The first kappa shape index (κ1) is 23.6. The van der Waals surface area contributed by atoms with Gasteiger partial charge in [0.2, 0.25) is 0 Å². The Kier molecular flexibility index (Phi) is 64.6. The Labute approximate surface area is 92.3 Å². The van der Waals surface area contributed by atoms with E-state index < -0.39 is 6.17 Å². The molecule has 0 saturated heterocycles. The number of rotatable bonds is 4. The quantitative estimate of drug-likeness (QED) is 0.497. The highest BCUT2D eigenvalue weighted by atomic mass is 19.1. The van der Waals surface area contributed by atoms with E-state index in [1.165, 1.54) is 12.8 Å². The van der Waals surface area contributed by atoms with Gasteiger partial charge in [-0.15, -0.1) is 0 Å². The van der Waals surface area contributed by atoms with E-state index in [0.717, 1.165) is 12.8 Å². The van der Waals surface area contributed by atoms with E-state index in [0.29, 0.717) is 0 Å². The molecule has 92 valence electrons. The van der Waals surface area contributed by atoms with Gasteiger partial charge in [-0.1, -0.05) is 67.7 Å². The molecule has 0 nitrogen and oxygen atoms in total. The van der Waals surface area contributed by atoms with Gasteiger partial charge in [-0.2, -0.15) is 0 Å². The lowest BCUT2D eigenvalue weighted by Crippen LogP contribution is -1.90. The van der Waals surface area contributed by atoms with Crippen LogP contribution < -0.4 is 0 Å². The van der Waals surface area contributed by atoms with Crippen LogP contribution in [-0.4, -0.2) is 6.17 Å². The summed E-state index contributed by atoms with van der Waals surface area (Å²) in [5.41, 5.74) is 0. The minimum atomic E-state index is -0.596. The largest absolute Gasteiger partial charge is 0.248 e. The lowest BCUT2D eigenvalue weighted by atomic mass is 10.1. The van der Waals surface area contributed by atoms with Gasteiger partial charge in [0.05, 0.1) is 6.17 Å². The van der Waals surface area contributed by atoms with Crippen LogP contribution in [0.2, 0.25) is 0 Å². The number of hydrogen-bond donors (Lipinski definition) is 0. The SMILES string of the molecule is CC.CC.CC.CCCCCC(C)F. The van der Waals surface area contributed by atoms with Gasteiger partial charge in [-0.25, -0.2) is 4.39 Å². The van der Waals surface area contributed by atoms with E-state index in [4.69, 9.17) is 0 Å². The molecule has 1 atom stereocenters. The third-order valence-electron chi connectivity index (χ3n) is 1.21. The molecule has 0 radical (unpaired) electrons. The second kappa shape index (κ2) is 38.3. The van der Waals surface area contributed by atoms with E-state index in [2.05, 4.69) is 6.92 Å². The summed E-state index contributed by atoms with van der Waals surface area (Å²) >= 11 is 0. The molecule has 0 amide bonds. The standard InChI is InChI=1S/C7H15F.3C2H6/c1-3-4-5-6-7(2)8;3*1-2/h7H,3-6H2,1-2H3;3*1-2H3. The van der Waals surface area contributed by atoms with Crippen molar-refractivity contribution in [1.29, 1.82) is 0 Å². The van der Waals surface area contributed by atoms with Crippen LogP contribution >= 0.6 is 0 Å². The molecule has 0 rings (SSSR count). The molecule has 0 aliphatic heterocycles. The molecular formula is C13H33F. The van der Waals surface area contributed by atoms with Crippen LogP contribution in [0.4, 0.5) is 4.39 Å². The molecule has 0 bridgehead atoms. The van der Waals surface area contributed by atoms with Crippen LogP contribution in [-0.2, 0) is 0 Å². The van der Waals surface area contributed by atoms with Crippen molar-refractivity contribution in [3.05, 3.63) is 0 Å². The fraction of sp³-hybridized carbons (Fsp3) is 1.00. The first-order chi connectivity index (χ1) is 6.77. The zero-order valence-electron chi connectivity index (χ0n) is 11.8. The molecule has 0 aromatic heterocycles. The molecule has 0 aromatic rings. The lowest BCUT2D eigenvalue weighted by molar-refractivity contribution is 0.331. The fourth-order valence-electron chi connectivity index (χ4n) is 0.676. The fourth-order valence-corrected chi connectivity index (χ4v) is 0.676. The van der Waals surface area contributed by atoms with Crippen LogP contribution in [0.5, 0.6) is 0 Å². The van der Waals surface area contributed by atoms with E-state index >= 15 is 0 Å². The summed E-state index contributed by atoms with van der Waals surface area (Å²) in [6, 6.07) is 0. The van der Waals surface area contributed by atoms with Crippen molar-refractivity contribution in [3.63, 3.8) is 0 Å². The predicted molar refractivity (Wildman–Crippen MR) is 68.8 cm³/mol. The maximum atomic E-state index is 12.0. The molecule has 0 N–H and O–H groups in total. The molecule has 1 heteroatoms. The normalized spacial score (nSPS) is 9.21. The third kappa shape index (κ3) is 58.6. The summed E-state index contributed by atoms with van der Waals surface area (Å²) in [7, 11) is 0. The Balaban J connectivity index is -0.0000000708. The Hall–Kier alpha value is -0.0700. The van der Waals surface area contributed by atoms with Crippen molar-refractivity contribution in [2.24, 2.45) is 0 Å². The number of unbranched alkanes of at least 4 members (excludes halogenated alkanes) is 2.